The van der Waals surface area contributed by atoms with E-state index in [-0.39, 0.29) is 12.7 Å². The van der Waals surface area contributed by atoms with Gasteiger partial charge in [0, 0.05) is 12.8 Å². The van der Waals surface area contributed by atoms with Gasteiger partial charge in [-0.05, 0) is 12.8 Å². The number of carbonyl (C=O) groups is 4. The maximum Gasteiger partial charge on any atom is 0.336 e. The maximum atomic E-state index is 12.0. The Kier molecular flexibility index (Phi) is 17.7. The van der Waals surface area contributed by atoms with Crippen LogP contribution in [0.25, 0.3) is 0 Å². The van der Waals surface area contributed by atoms with Gasteiger partial charge in [0.2, 0.25) is 5.91 Å². The molecule has 0 rings (SSSR count). The smallest absolute Gasteiger partial charge is 0.336 e. The summed E-state index contributed by atoms with van der Waals surface area (Å²) in [6.07, 6.45) is 17.5. The molecule has 3 N–H and O–H groups in total. The monoisotopic (exact) mass is 441 g/mol. The summed E-state index contributed by atoms with van der Waals surface area (Å²) in [4.78, 5) is 45.3. The molecule has 0 fully saturated rings. The molecule has 0 aliphatic carbocycles. The minimum absolute atomic E-state index is 0.114. The first-order chi connectivity index (χ1) is 14.9. The Labute approximate surface area is 187 Å². The maximum absolute atomic E-state index is 12.0. The first kappa shape index (κ1) is 29.1. The van der Waals surface area contributed by atoms with Crippen molar-refractivity contribution in [3.8, 4) is 0 Å². The molecule has 0 radical (unpaired) electrons. The zero-order valence-electron chi connectivity index (χ0n) is 19.3. The van der Waals surface area contributed by atoms with Crippen LogP contribution in [0.5, 0.6) is 0 Å². The van der Waals surface area contributed by atoms with Crippen molar-refractivity contribution >= 4 is 24.1 Å². The van der Waals surface area contributed by atoms with Crippen molar-refractivity contribution in [2.75, 3.05) is 0 Å². The fraction of sp³-hybridized carbons (Fsp3) is 0.833. The summed E-state index contributed by atoms with van der Waals surface area (Å²) in [5.74, 6) is -3.28. The molecule has 1 amide bonds. The number of aliphatic carboxylic acids is 2. The summed E-state index contributed by atoms with van der Waals surface area (Å²) in [6.45, 7) is 2.24. The third-order valence-electron chi connectivity index (χ3n) is 5.69. The van der Waals surface area contributed by atoms with Gasteiger partial charge >= 0.3 is 11.9 Å². The minimum Gasteiger partial charge on any atom is -0.481 e. The van der Waals surface area contributed by atoms with Gasteiger partial charge in [0.1, 0.15) is 0 Å². The summed E-state index contributed by atoms with van der Waals surface area (Å²) >= 11 is 0. The second kappa shape index (κ2) is 18.8. The minimum atomic E-state index is -2.16. The van der Waals surface area contributed by atoms with Gasteiger partial charge in [-0.15, -0.1) is 0 Å². The van der Waals surface area contributed by atoms with Gasteiger partial charge in [0.05, 0.1) is 0 Å². The van der Waals surface area contributed by atoms with Gasteiger partial charge < -0.3 is 20.3 Å². The Bertz CT molecular complexity index is 522. The molecule has 0 aromatic heterocycles. The lowest BCUT2D eigenvalue weighted by molar-refractivity contribution is -0.150. The van der Waals surface area contributed by atoms with Crippen LogP contribution in [-0.4, -0.2) is 39.9 Å². The molecule has 7 nitrogen and oxygen atoms in total. The van der Waals surface area contributed by atoms with Gasteiger partial charge in [0.15, 0.2) is 11.8 Å². The highest BCUT2D eigenvalue weighted by Crippen LogP contribution is 2.15. The summed E-state index contributed by atoms with van der Waals surface area (Å²) in [5.41, 5.74) is -2.16. The van der Waals surface area contributed by atoms with Crippen LogP contribution in [0, 0.1) is 0 Å². The van der Waals surface area contributed by atoms with Crippen LogP contribution in [0.2, 0.25) is 0 Å². The predicted octanol–water partition coefficient (Wildman–Crippen LogP) is 5.25. The van der Waals surface area contributed by atoms with E-state index in [1.54, 1.807) is 0 Å². The normalized spacial score (nSPS) is 12.8. The van der Waals surface area contributed by atoms with Gasteiger partial charge in [-0.25, -0.2) is 4.79 Å². The van der Waals surface area contributed by atoms with E-state index < -0.39 is 36.2 Å². The average Bonchev–Trinajstić information content (AvgIpc) is 2.73. The predicted molar refractivity (Wildman–Crippen MR) is 121 cm³/mol. The number of carboxylic acids is 2. The Morgan fingerprint density at radius 1 is 0.710 bits per heavy atom. The molecule has 0 spiro atoms. The van der Waals surface area contributed by atoms with E-state index in [0.717, 1.165) is 19.3 Å². The number of unbranched alkanes of at least 4 members (excludes halogenated alkanes) is 14. The van der Waals surface area contributed by atoms with Crippen molar-refractivity contribution in [1.29, 1.82) is 0 Å². The first-order valence-electron chi connectivity index (χ1n) is 12.1. The molecular weight excluding hydrogens is 398 g/mol. The standard InChI is InChI=1S/C24H43NO6/c1-2-3-4-5-6-7-8-9-10-11-12-13-14-15-16-17-21(27)25-24(20-26,23(30)31)19-18-22(28)29/h20H,2-19H2,1H3,(H,25,27)(H,28,29)(H,30,31)/t24-/m1/s1. The molecule has 31 heavy (non-hydrogen) atoms. The fourth-order valence-corrected chi connectivity index (χ4v) is 3.63. The summed E-state index contributed by atoms with van der Waals surface area (Å²) in [6, 6.07) is 0. The zero-order valence-corrected chi connectivity index (χ0v) is 19.3. The third-order valence-corrected chi connectivity index (χ3v) is 5.69. The average molecular weight is 442 g/mol. The highest BCUT2D eigenvalue weighted by molar-refractivity contribution is 6.01. The van der Waals surface area contributed by atoms with Crippen molar-refractivity contribution in [1.82, 2.24) is 5.32 Å². The molecule has 0 aromatic carbocycles. The van der Waals surface area contributed by atoms with E-state index in [0.29, 0.717) is 6.42 Å². The molecule has 0 unspecified atom stereocenters. The highest BCUT2D eigenvalue weighted by atomic mass is 16.4. The number of aldehydes is 1. The summed E-state index contributed by atoms with van der Waals surface area (Å²) in [7, 11) is 0. The molecule has 0 saturated heterocycles. The van der Waals surface area contributed by atoms with Crippen LogP contribution in [0.4, 0.5) is 0 Å². The molecule has 0 bridgehead atoms. The number of rotatable bonds is 22. The van der Waals surface area contributed by atoms with Crippen molar-refractivity contribution in [3.05, 3.63) is 0 Å². The second-order valence-electron chi connectivity index (χ2n) is 8.54. The van der Waals surface area contributed by atoms with Crippen LogP contribution >= 0.6 is 0 Å². The van der Waals surface area contributed by atoms with E-state index >= 15 is 0 Å². The number of hydrogen-bond acceptors (Lipinski definition) is 4. The van der Waals surface area contributed by atoms with Crippen LogP contribution in [0.15, 0.2) is 0 Å². The SMILES string of the molecule is CCCCCCCCCCCCCCCCCC(=O)N[C@@](C=O)(CCC(=O)O)C(=O)O. The third kappa shape index (κ3) is 15.5. The second-order valence-corrected chi connectivity index (χ2v) is 8.54. The number of nitrogens with one attached hydrogen (secondary N) is 1. The largest absolute Gasteiger partial charge is 0.481 e. The van der Waals surface area contributed by atoms with Gasteiger partial charge in [-0.1, -0.05) is 96.8 Å². The van der Waals surface area contributed by atoms with Crippen LogP contribution in [0.3, 0.4) is 0 Å². The number of carboxylic acid groups (broad SMARTS) is 2. The Balaban J connectivity index is 3.73. The highest BCUT2D eigenvalue weighted by Gasteiger charge is 2.40. The van der Waals surface area contributed by atoms with E-state index in [1.165, 1.54) is 70.6 Å². The molecule has 0 saturated carbocycles. The Hall–Kier alpha value is -1.92. The lowest BCUT2D eigenvalue weighted by atomic mass is 9.94. The van der Waals surface area contributed by atoms with Gasteiger partial charge in [-0.2, -0.15) is 0 Å². The zero-order chi connectivity index (χ0) is 23.4. The lowest BCUT2D eigenvalue weighted by Crippen LogP contribution is -2.56. The molecule has 0 aliphatic rings. The quantitative estimate of drug-likeness (QED) is 0.120. The molecule has 0 aliphatic heterocycles. The molecule has 0 aromatic rings. The fourth-order valence-electron chi connectivity index (χ4n) is 3.63. The molecule has 7 heteroatoms. The van der Waals surface area contributed by atoms with Crippen LogP contribution in [0.1, 0.15) is 122 Å². The number of hydrogen-bond donors (Lipinski definition) is 3. The van der Waals surface area contributed by atoms with Gasteiger partial charge in [0.25, 0.3) is 0 Å². The van der Waals surface area contributed by atoms with Crippen molar-refractivity contribution in [2.45, 2.75) is 128 Å². The Morgan fingerprint density at radius 3 is 1.48 bits per heavy atom. The first-order valence-corrected chi connectivity index (χ1v) is 12.1. The molecule has 0 heterocycles. The number of carbonyl (C=O) groups excluding carboxylic acids is 2. The van der Waals surface area contributed by atoms with E-state index in [2.05, 4.69) is 12.2 Å². The van der Waals surface area contributed by atoms with Crippen molar-refractivity contribution in [3.63, 3.8) is 0 Å². The molecule has 1 atom stereocenters. The topological polar surface area (TPSA) is 121 Å². The Morgan fingerprint density at radius 2 is 1.13 bits per heavy atom. The lowest BCUT2D eigenvalue weighted by Gasteiger charge is -2.24. The van der Waals surface area contributed by atoms with Crippen LogP contribution < -0.4 is 5.32 Å². The van der Waals surface area contributed by atoms with Crippen molar-refractivity contribution in [2.24, 2.45) is 0 Å². The van der Waals surface area contributed by atoms with Crippen LogP contribution in [-0.2, 0) is 19.2 Å². The molecule has 180 valence electrons. The van der Waals surface area contributed by atoms with Crippen molar-refractivity contribution < 1.29 is 29.4 Å². The van der Waals surface area contributed by atoms with E-state index in [1.807, 2.05) is 0 Å². The van der Waals surface area contributed by atoms with E-state index in [4.69, 9.17) is 5.11 Å². The van der Waals surface area contributed by atoms with E-state index in [9.17, 15) is 24.3 Å². The molecular formula is C24H43NO6. The number of amides is 1. The summed E-state index contributed by atoms with van der Waals surface area (Å²) in [5, 5.41) is 20.2. The summed E-state index contributed by atoms with van der Waals surface area (Å²) < 4.78 is 0. The van der Waals surface area contributed by atoms with Gasteiger partial charge in [-0.3, -0.25) is 9.59 Å².